The van der Waals surface area contributed by atoms with E-state index in [-0.39, 0.29) is 38.3 Å². The number of carbonyl (C=O) groups is 7. The standard InChI is InChI=1S/C39H56N12O7S/c1-22(47-36(56)29(15-17-59-3)48-32(52)20-40)34(54)46-23(2)35(55)50-31(19-25-21-45-27-13-8-7-12-26(25)27)38(58)51-30(18-24-10-5-4-6-11-24)37(57)49-28(33(41)53)14-9-16-44-39(42)43/h4-8,10-13,21-23,28-31,45H,9,14-20,40H2,1-3H3,(H2,41,53)(H,46,54)(H,47,56)(H,48,52)(H,49,57)(H,50,55)(H,51,58)(H4,42,43,44)/t22-,23+,28-,29-,30-,31+/m0/s1. The minimum atomic E-state index is -1.26. The van der Waals surface area contributed by atoms with E-state index in [1.807, 2.05) is 30.5 Å². The average Bonchev–Trinajstić information content (AvgIpc) is 3.62. The van der Waals surface area contributed by atoms with E-state index >= 15 is 0 Å². The van der Waals surface area contributed by atoms with Gasteiger partial charge in [0.15, 0.2) is 5.96 Å². The largest absolute Gasteiger partial charge is 0.370 e. The summed E-state index contributed by atoms with van der Waals surface area (Å²) in [5.41, 5.74) is 24.0. The topological polar surface area (TPSA) is 324 Å². The number of aliphatic imine (C=N–C) groups is 1. The lowest BCUT2D eigenvalue weighted by Gasteiger charge is -2.26. The zero-order valence-corrected chi connectivity index (χ0v) is 34.2. The molecule has 0 aliphatic rings. The van der Waals surface area contributed by atoms with Crippen LogP contribution in [-0.2, 0) is 46.4 Å². The maximum absolute atomic E-state index is 14.2. The summed E-state index contributed by atoms with van der Waals surface area (Å²) >= 11 is 1.48. The molecule has 15 N–H and O–H groups in total. The third kappa shape index (κ3) is 15.6. The fraction of sp³-hybridized carbons (Fsp3) is 0.436. The van der Waals surface area contributed by atoms with Crippen LogP contribution in [0.3, 0.4) is 0 Å². The van der Waals surface area contributed by atoms with E-state index in [1.165, 1.54) is 25.6 Å². The van der Waals surface area contributed by atoms with Crippen LogP contribution in [0.4, 0.5) is 0 Å². The summed E-state index contributed by atoms with van der Waals surface area (Å²) < 4.78 is 0. The normalized spacial score (nSPS) is 14.0. The Morgan fingerprint density at radius 2 is 1.24 bits per heavy atom. The molecule has 3 rings (SSSR count). The Balaban J connectivity index is 1.82. The number of fused-ring (bicyclic) bond motifs is 1. The highest BCUT2D eigenvalue weighted by Gasteiger charge is 2.32. The number of carbonyl (C=O) groups excluding carboxylic acids is 7. The van der Waals surface area contributed by atoms with E-state index in [0.29, 0.717) is 29.7 Å². The summed E-state index contributed by atoms with van der Waals surface area (Å²) in [5.74, 6) is -4.34. The van der Waals surface area contributed by atoms with E-state index in [9.17, 15) is 33.6 Å². The Labute approximate surface area is 346 Å². The van der Waals surface area contributed by atoms with Crippen LogP contribution >= 0.6 is 11.8 Å². The zero-order valence-electron chi connectivity index (χ0n) is 33.4. The summed E-state index contributed by atoms with van der Waals surface area (Å²) in [6, 6.07) is 9.45. The Kier molecular flexibility index (Phi) is 19.2. The number of aromatic amines is 1. The number of nitrogens with one attached hydrogen (secondary N) is 7. The van der Waals surface area contributed by atoms with Crippen molar-refractivity contribution in [2.24, 2.45) is 27.9 Å². The second-order valence-electron chi connectivity index (χ2n) is 13.9. The second kappa shape index (κ2) is 23.9. The molecule has 3 aromatic rings. The van der Waals surface area contributed by atoms with Gasteiger partial charge in [-0.2, -0.15) is 11.8 Å². The van der Waals surface area contributed by atoms with Gasteiger partial charge in [-0.1, -0.05) is 48.5 Å². The Bertz CT molecular complexity index is 1940. The number of primary amides is 1. The molecule has 7 amide bonds. The van der Waals surface area contributed by atoms with Crippen LogP contribution in [0.15, 0.2) is 65.8 Å². The minimum absolute atomic E-state index is 0.0188. The fourth-order valence-electron chi connectivity index (χ4n) is 5.96. The van der Waals surface area contributed by atoms with Gasteiger partial charge in [-0.25, -0.2) is 0 Å². The Morgan fingerprint density at radius 1 is 0.678 bits per heavy atom. The van der Waals surface area contributed by atoms with Crippen molar-refractivity contribution in [2.75, 3.05) is 25.1 Å². The lowest BCUT2D eigenvalue weighted by atomic mass is 10.0. The van der Waals surface area contributed by atoms with E-state index in [4.69, 9.17) is 22.9 Å². The van der Waals surface area contributed by atoms with Crippen molar-refractivity contribution in [3.8, 4) is 0 Å². The van der Waals surface area contributed by atoms with E-state index in [1.54, 1.807) is 36.5 Å². The van der Waals surface area contributed by atoms with Crippen molar-refractivity contribution >= 4 is 70.0 Å². The predicted molar refractivity (Wildman–Crippen MR) is 226 cm³/mol. The molecular weight excluding hydrogens is 781 g/mol. The SMILES string of the molecule is CSCC[C@H](NC(=O)CN)C(=O)N[C@@H](C)C(=O)N[C@H](C)C(=O)N[C@H](Cc1c[nH]c2ccccc12)C(=O)N[C@@H](Cc1ccccc1)C(=O)N[C@@H](CCCN=C(N)N)C(N)=O. The molecule has 19 nitrogen and oxygen atoms in total. The van der Waals surface area contributed by atoms with Gasteiger partial charge < -0.3 is 59.8 Å². The molecule has 0 saturated heterocycles. The molecule has 0 unspecified atom stereocenters. The predicted octanol–water partition coefficient (Wildman–Crippen LogP) is -1.85. The van der Waals surface area contributed by atoms with Gasteiger partial charge in [0.2, 0.25) is 41.4 Å². The Hall–Kier alpha value is -6.15. The molecule has 6 atom stereocenters. The van der Waals surface area contributed by atoms with Gasteiger partial charge in [0.1, 0.15) is 36.3 Å². The first kappa shape index (κ1) is 47.2. The molecule has 0 aliphatic carbocycles. The van der Waals surface area contributed by atoms with Crippen LogP contribution in [0.5, 0.6) is 0 Å². The average molecular weight is 837 g/mol. The number of thioether (sulfide) groups is 1. The van der Waals surface area contributed by atoms with Crippen LogP contribution < -0.4 is 54.8 Å². The van der Waals surface area contributed by atoms with Crippen molar-refractivity contribution in [3.63, 3.8) is 0 Å². The van der Waals surface area contributed by atoms with Crippen molar-refractivity contribution in [1.29, 1.82) is 0 Å². The third-order valence-electron chi connectivity index (χ3n) is 9.20. The number of para-hydroxylation sites is 1. The number of aromatic nitrogens is 1. The fourth-order valence-corrected chi connectivity index (χ4v) is 6.43. The molecule has 0 saturated carbocycles. The maximum atomic E-state index is 14.2. The first-order valence-electron chi connectivity index (χ1n) is 19.1. The quantitative estimate of drug-likeness (QED) is 0.0270. The van der Waals surface area contributed by atoms with Gasteiger partial charge in [0.25, 0.3) is 0 Å². The molecule has 2 aromatic carbocycles. The highest BCUT2D eigenvalue weighted by atomic mass is 32.2. The monoisotopic (exact) mass is 836 g/mol. The van der Waals surface area contributed by atoms with Gasteiger partial charge in [0.05, 0.1) is 6.54 Å². The van der Waals surface area contributed by atoms with Crippen LogP contribution in [-0.4, -0.2) is 114 Å². The lowest BCUT2D eigenvalue weighted by molar-refractivity contribution is -0.135. The zero-order chi connectivity index (χ0) is 43.5. The molecule has 1 heterocycles. The molecule has 0 bridgehead atoms. The summed E-state index contributed by atoms with van der Waals surface area (Å²) in [6.07, 6.45) is 4.31. The van der Waals surface area contributed by atoms with E-state index < -0.39 is 77.6 Å². The second-order valence-corrected chi connectivity index (χ2v) is 14.8. The van der Waals surface area contributed by atoms with Gasteiger partial charge in [-0.3, -0.25) is 38.6 Å². The van der Waals surface area contributed by atoms with Crippen molar-refractivity contribution in [1.82, 2.24) is 36.9 Å². The maximum Gasteiger partial charge on any atom is 0.243 e. The van der Waals surface area contributed by atoms with Crippen molar-refractivity contribution < 1.29 is 33.6 Å². The first-order chi connectivity index (χ1) is 28.1. The molecule has 320 valence electrons. The number of H-pyrrole nitrogens is 1. The van der Waals surface area contributed by atoms with Gasteiger partial charge in [-0.05, 0) is 62.3 Å². The molecular formula is C39H56N12O7S. The van der Waals surface area contributed by atoms with Crippen LogP contribution in [0.1, 0.15) is 44.2 Å². The van der Waals surface area contributed by atoms with Gasteiger partial charge in [-0.15, -0.1) is 0 Å². The molecule has 1 aromatic heterocycles. The van der Waals surface area contributed by atoms with Gasteiger partial charge in [0, 0.05) is 36.5 Å². The molecule has 20 heteroatoms. The number of hydrogen-bond donors (Lipinski definition) is 11. The molecule has 0 radical (unpaired) electrons. The molecule has 0 fully saturated rings. The third-order valence-corrected chi connectivity index (χ3v) is 9.85. The molecule has 0 spiro atoms. The highest BCUT2D eigenvalue weighted by molar-refractivity contribution is 7.98. The van der Waals surface area contributed by atoms with E-state index in [2.05, 4.69) is 41.9 Å². The lowest BCUT2D eigenvalue weighted by Crippen LogP contribution is -2.59. The Morgan fingerprint density at radius 3 is 1.86 bits per heavy atom. The highest BCUT2D eigenvalue weighted by Crippen LogP contribution is 2.19. The minimum Gasteiger partial charge on any atom is -0.370 e. The van der Waals surface area contributed by atoms with E-state index in [0.717, 1.165) is 10.9 Å². The number of rotatable bonds is 24. The number of hydrogen-bond acceptors (Lipinski definition) is 10. The number of amides is 7. The van der Waals surface area contributed by atoms with Crippen LogP contribution in [0, 0.1) is 0 Å². The first-order valence-corrected chi connectivity index (χ1v) is 20.5. The molecule has 59 heavy (non-hydrogen) atoms. The van der Waals surface area contributed by atoms with Crippen molar-refractivity contribution in [3.05, 3.63) is 71.9 Å². The number of nitrogens with zero attached hydrogens (tertiary/aromatic N) is 1. The van der Waals surface area contributed by atoms with Crippen LogP contribution in [0.25, 0.3) is 10.9 Å². The molecule has 0 aliphatic heterocycles. The summed E-state index contributed by atoms with van der Waals surface area (Å²) in [6.45, 7) is 2.71. The summed E-state index contributed by atoms with van der Waals surface area (Å²) in [5, 5.41) is 16.6. The van der Waals surface area contributed by atoms with Crippen LogP contribution in [0.2, 0.25) is 0 Å². The summed E-state index contributed by atoms with van der Waals surface area (Å²) in [4.78, 5) is 99.2. The number of benzene rings is 2. The van der Waals surface area contributed by atoms with Gasteiger partial charge >= 0.3 is 0 Å². The number of guanidine groups is 1. The smallest absolute Gasteiger partial charge is 0.243 e. The number of nitrogens with two attached hydrogens (primary N) is 4. The summed E-state index contributed by atoms with van der Waals surface area (Å²) in [7, 11) is 0. The van der Waals surface area contributed by atoms with Crippen molar-refractivity contribution in [2.45, 2.75) is 82.2 Å².